The predicted molar refractivity (Wildman–Crippen MR) is 57.8 cm³/mol. The van der Waals surface area contributed by atoms with Gasteiger partial charge in [0.05, 0.1) is 6.61 Å². The average molecular weight is 229 g/mol. The Morgan fingerprint density at radius 1 is 1.44 bits per heavy atom. The van der Waals surface area contributed by atoms with E-state index >= 15 is 0 Å². The minimum atomic E-state index is -0.384. The van der Waals surface area contributed by atoms with Gasteiger partial charge in [0.1, 0.15) is 12.1 Å². The Balaban J connectivity index is 2.68. The van der Waals surface area contributed by atoms with Crippen LogP contribution in [0.25, 0.3) is 0 Å². The number of methoxy groups -OCH3 is 1. The maximum absolute atomic E-state index is 5.77. The van der Waals surface area contributed by atoms with Gasteiger partial charge < -0.3 is 19.7 Å². The summed E-state index contributed by atoms with van der Waals surface area (Å²) < 4.78 is 15.5. The van der Waals surface area contributed by atoms with Crippen molar-refractivity contribution in [2.75, 3.05) is 20.3 Å². The highest BCUT2D eigenvalue weighted by molar-refractivity contribution is 4.95. The zero-order chi connectivity index (χ0) is 12.0. The van der Waals surface area contributed by atoms with E-state index in [4.69, 9.17) is 19.7 Å². The molecule has 0 bridgehead atoms. The van der Waals surface area contributed by atoms with Crippen LogP contribution in [0.15, 0.2) is 4.52 Å². The molecule has 2 atom stereocenters. The van der Waals surface area contributed by atoms with Crippen LogP contribution in [0.2, 0.25) is 0 Å². The third-order valence-electron chi connectivity index (χ3n) is 2.15. The first-order valence-electron chi connectivity index (χ1n) is 5.42. The second kappa shape index (κ2) is 6.57. The highest BCUT2D eigenvalue weighted by Crippen LogP contribution is 2.19. The van der Waals surface area contributed by atoms with E-state index in [1.165, 1.54) is 0 Å². The molecule has 0 aliphatic rings. The van der Waals surface area contributed by atoms with Gasteiger partial charge in [0.2, 0.25) is 11.7 Å². The molecule has 0 aliphatic heterocycles. The first-order chi connectivity index (χ1) is 7.72. The standard InChI is InChI=1S/C10H19N3O3/c1-4-8(15-5-2)9-12-10(16-13-9)7(11)6-14-3/h7-8H,4-6,11H2,1-3H3. The molecule has 0 aliphatic carbocycles. The molecule has 0 aromatic carbocycles. The summed E-state index contributed by atoms with van der Waals surface area (Å²) in [5.74, 6) is 0.931. The average Bonchev–Trinajstić information content (AvgIpc) is 2.75. The highest BCUT2D eigenvalue weighted by atomic mass is 16.5. The molecule has 1 aromatic heterocycles. The fraction of sp³-hybridized carbons (Fsp3) is 0.800. The molecular formula is C10H19N3O3. The van der Waals surface area contributed by atoms with Gasteiger partial charge in [-0.3, -0.25) is 0 Å². The Morgan fingerprint density at radius 2 is 2.19 bits per heavy atom. The lowest BCUT2D eigenvalue weighted by Crippen LogP contribution is -2.16. The second-order valence-electron chi connectivity index (χ2n) is 3.40. The topological polar surface area (TPSA) is 83.4 Å². The molecule has 1 heterocycles. The molecule has 0 saturated heterocycles. The van der Waals surface area contributed by atoms with E-state index in [0.29, 0.717) is 24.9 Å². The third kappa shape index (κ3) is 3.26. The lowest BCUT2D eigenvalue weighted by atomic mass is 10.2. The van der Waals surface area contributed by atoms with Crippen molar-refractivity contribution in [1.82, 2.24) is 10.1 Å². The van der Waals surface area contributed by atoms with Crippen molar-refractivity contribution in [2.24, 2.45) is 5.73 Å². The number of hydrogen-bond acceptors (Lipinski definition) is 6. The zero-order valence-electron chi connectivity index (χ0n) is 9.97. The van der Waals surface area contributed by atoms with Crippen LogP contribution in [-0.2, 0) is 9.47 Å². The fourth-order valence-corrected chi connectivity index (χ4v) is 1.36. The molecule has 16 heavy (non-hydrogen) atoms. The largest absolute Gasteiger partial charge is 0.383 e. The summed E-state index contributed by atoms with van der Waals surface area (Å²) in [4.78, 5) is 4.21. The van der Waals surface area contributed by atoms with Crippen molar-refractivity contribution >= 4 is 0 Å². The number of ether oxygens (including phenoxy) is 2. The van der Waals surface area contributed by atoms with Crippen molar-refractivity contribution < 1.29 is 14.0 Å². The van der Waals surface area contributed by atoms with Crippen LogP contribution in [0, 0.1) is 0 Å². The molecule has 92 valence electrons. The molecule has 2 unspecified atom stereocenters. The maximum atomic E-state index is 5.77. The van der Waals surface area contributed by atoms with Crippen molar-refractivity contribution in [3.8, 4) is 0 Å². The van der Waals surface area contributed by atoms with E-state index < -0.39 is 0 Å². The minimum Gasteiger partial charge on any atom is -0.383 e. The first kappa shape index (κ1) is 13.1. The lowest BCUT2D eigenvalue weighted by molar-refractivity contribution is 0.0518. The van der Waals surface area contributed by atoms with Crippen LogP contribution < -0.4 is 5.73 Å². The smallest absolute Gasteiger partial charge is 0.246 e. The van der Waals surface area contributed by atoms with Gasteiger partial charge in [0.15, 0.2) is 0 Å². The Labute approximate surface area is 95.1 Å². The highest BCUT2D eigenvalue weighted by Gasteiger charge is 2.19. The van der Waals surface area contributed by atoms with Crippen LogP contribution in [0.5, 0.6) is 0 Å². The van der Waals surface area contributed by atoms with Crippen molar-refractivity contribution in [3.05, 3.63) is 11.7 Å². The molecule has 0 fully saturated rings. The number of nitrogens with zero attached hydrogens (tertiary/aromatic N) is 2. The third-order valence-corrected chi connectivity index (χ3v) is 2.15. The summed E-state index contributed by atoms with van der Waals surface area (Å²) in [6.07, 6.45) is 0.670. The van der Waals surface area contributed by atoms with E-state index in [0.717, 1.165) is 6.42 Å². The Kier molecular flexibility index (Phi) is 5.37. The van der Waals surface area contributed by atoms with Gasteiger partial charge in [-0.15, -0.1) is 0 Å². The SMILES string of the molecule is CCOC(CC)c1noc(C(N)COC)n1. The van der Waals surface area contributed by atoms with E-state index in [1.54, 1.807) is 7.11 Å². The van der Waals surface area contributed by atoms with Crippen molar-refractivity contribution in [3.63, 3.8) is 0 Å². The Hall–Kier alpha value is -0.980. The van der Waals surface area contributed by atoms with Crippen LogP contribution in [-0.4, -0.2) is 30.5 Å². The van der Waals surface area contributed by atoms with E-state index in [-0.39, 0.29) is 12.1 Å². The lowest BCUT2D eigenvalue weighted by Gasteiger charge is -2.09. The molecule has 6 nitrogen and oxygen atoms in total. The van der Waals surface area contributed by atoms with Crippen LogP contribution in [0.4, 0.5) is 0 Å². The van der Waals surface area contributed by atoms with Gasteiger partial charge >= 0.3 is 0 Å². The Morgan fingerprint density at radius 3 is 2.75 bits per heavy atom. The van der Waals surface area contributed by atoms with Gasteiger partial charge in [-0.25, -0.2) is 0 Å². The van der Waals surface area contributed by atoms with Crippen LogP contribution in [0.1, 0.15) is 44.1 Å². The second-order valence-corrected chi connectivity index (χ2v) is 3.40. The van der Waals surface area contributed by atoms with Gasteiger partial charge in [-0.05, 0) is 13.3 Å². The molecule has 0 saturated carbocycles. The summed E-state index contributed by atoms with van der Waals surface area (Å²) in [6, 6.07) is -0.384. The van der Waals surface area contributed by atoms with Crippen LogP contribution in [0.3, 0.4) is 0 Å². The normalized spacial score (nSPS) is 15.0. The van der Waals surface area contributed by atoms with Gasteiger partial charge in [-0.2, -0.15) is 4.98 Å². The molecule has 6 heteroatoms. The van der Waals surface area contributed by atoms with Crippen molar-refractivity contribution in [1.29, 1.82) is 0 Å². The number of aromatic nitrogens is 2. The van der Waals surface area contributed by atoms with E-state index in [2.05, 4.69) is 10.1 Å². The Bertz CT molecular complexity index is 303. The fourth-order valence-electron chi connectivity index (χ4n) is 1.36. The zero-order valence-corrected chi connectivity index (χ0v) is 9.97. The summed E-state index contributed by atoms with van der Waals surface area (Å²) in [5.41, 5.74) is 5.77. The van der Waals surface area contributed by atoms with Gasteiger partial charge in [0.25, 0.3) is 0 Å². The predicted octanol–water partition coefficient (Wildman–Crippen LogP) is 1.20. The summed E-state index contributed by atoms with van der Waals surface area (Å²) in [6.45, 7) is 4.91. The van der Waals surface area contributed by atoms with Crippen molar-refractivity contribution in [2.45, 2.75) is 32.4 Å². The molecule has 0 radical (unpaired) electrons. The maximum Gasteiger partial charge on any atom is 0.246 e. The van der Waals surface area contributed by atoms with E-state index in [1.807, 2.05) is 13.8 Å². The summed E-state index contributed by atoms with van der Waals surface area (Å²) in [7, 11) is 1.58. The quantitative estimate of drug-likeness (QED) is 0.756. The summed E-state index contributed by atoms with van der Waals surface area (Å²) >= 11 is 0. The van der Waals surface area contributed by atoms with E-state index in [9.17, 15) is 0 Å². The molecule has 1 aromatic rings. The number of hydrogen-bond donors (Lipinski definition) is 1. The van der Waals surface area contributed by atoms with Gasteiger partial charge in [-0.1, -0.05) is 12.1 Å². The number of rotatable bonds is 7. The molecule has 1 rings (SSSR count). The molecule has 0 amide bonds. The molecular weight excluding hydrogens is 210 g/mol. The minimum absolute atomic E-state index is 0.128. The number of nitrogens with two attached hydrogens (primary N) is 1. The molecule has 0 spiro atoms. The monoisotopic (exact) mass is 229 g/mol. The van der Waals surface area contributed by atoms with Gasteiger partial charge in [0, 0.05) is 13.7 Å². The molecule has 2 N–H and O–H groups in total. The van der Waals surface area contributed by atoms with Crippen LogP contribution >= 0.6 is 0 Å². The first-order valence-corrected chi connectivity index (χ1v) is 5.42. The summed E-state index contributed by atoms with van der Waals surface area (Å²) in [5, 5.41) is 3.86.